The van der Waals surface area contributed by atoms with Gasteiger partial charge < -0.3 is 10.1 Å². The quantitative estimate of drug-likeness (QED) is 0.874. The van der Waals surface area contributed by atoms with Crippen molar-refractivity contribution in [1.82, 2.24) is 5.32 Å². The normalized spacial score (nSPS) is 12.2. The summed E-state index contributed by atoms with van der Waals surface area (Å²) in [6.07, 6.45) is 0. The second kappa shape index (κ2) is 6.78. The Morgan fingerprint density at radius 1 is 1.20 bits per heavy atom. The number of halogens is 1. The van der Waals surface area contributed by atoms with E-state index in [1.165, 1.54) is 11.1 Å². The molecule has 0 radical (unpaired) electrons. The van der Waals surface area contributed by atoms with Crippen LogP contribution in [0.25, 0.3) is 0 Å². The topological polar surface area (TPSA) is 21.3 Å². The fourth-order valence-corrected chi connectivity index (χ4v) is 2.43. The van der Waals surface area contributed by atoms with E-state index in [1.54, 1.807) is 7.11 Å². The second-order valence-electron chi connectivity index (χ2n) is 4.99. The molecule has 2 aromatic carbocycles. The van der Waals surface area contributed by atoms with Crippen molar-refractivity contribution in [3.05, 3.63) is 64.2 Å². The second-order valence-corrected chi connectivity index (χ2v) is 5.39. The lowest BCUT2D eigenvalue weighted by molar-refractivity contribution is 0.414. The summed E-state index contributed by atoms with van der Waals surface area (Å²) in [7, 11) is 1.62. The molecule has 0 heterocycles. The van der Waals surface area contributed by atoms with Crippen LogP contribution >= 0.6 is 11.6 Å². The highest BCUT2D eigenvalue weighted by Crippen LogP contribution is 2.25. The third kappa shape index (κ3) is 3.75. The van der Waals surface area contributed by atoms with Gasteiger partial charge in [-0.3, -0.25) is 0 Å². The van der Waals surface area contributed by atoms with Gasteiger partial charge in [0.15, 0.2) is 0 Å². The van der Waals surface area contributed by atoms with Crippen LogP contribution in [0.2, 0.25) is 5.02 Å². The highest BCUT2D eigenvalue weighted by molar-refractivity contribution is 6.32. The third-order valence-electron chi connectivity index (χ3n) is 3.37. The van der Waals surface area contributed by atoms with Gasteiger partial charge in [0.05, 0.1) is 12.1 Å². The van der Waals surface area contributed by atoms with Crippen LogP contribution in [0.1, 0.15) is 29.7 Å². The van der Waals surface area contributed by atoms with Crippen molar-refractivity contribution in [2.75, 3.05) is 7.11 Å². The smallest absolute Gasteiger partial charge is 0.137 e. The number of ether oxygens (including phenoxy) is 1. The van der Waals surface area contributed by atoms with Crippen LogP contribution < -0.4 is 10.1 Å². The molecule has 0 amide bonds. The number of hydrogen-bond donors (Lipinski definition) is 1. The average Bonchev–Trinajstić information content (AvgIpc) is 2.45. The molecule has 0 aromatic heterocycles. The molecule has 0 bridgehead atoms. The van der Waals surface area contributed by atoms with Crippen molar-refractivity contribution in [3.63, 3.8) is 0 Å². The van der Waals surface area contributed by atoms with Crippen LogP contribution in [0.4, 0.5) is 0 Å². The molecule has 1 atom stereocenters. The summed E-state index contributed by atoms with van der Waals surface area (Å²) in [6, 6.07) is 14.7. The lowest BCUT2D eigenvalue weighted by Crippen LogP contribution is -2.18. The van der Waals surface area contributed by atoms with Gasteiger partial charge in [-0.05, 0) is 37.1 Å². The molecule has 0 spiro atoms. The molecule has 106 valence electrons. The molecule has 0 saturated heterocycles. The van der Waals surface area contributed by atoms with Gasteiger partial charge in [-0.25, -0.2) is 0 Å². The minimum Gasteiger partial charge on any atom is -0.495 e. The first-order chi connectivity index (χ1) is 9.60. The minimum atomic E-state index is 0.302. The number of nitrogens with one attached hydrogen (secondary N) is 1. The Balaban J connectivity index is 1.99. The van der Waals surface area contributed by atoms with Crippen molar-refractivity contribution in [3.8, 4) is 5.75 Å². The fourth-order valence-electron chi connectivity index (χ4n) is 2.15. The first-order valence-corrected chi connectivity index (χ1v) is 7.10. The summed E-state index contributed by atoms with van der Waals surface area (Å²) in [5.41, 5.74) is 3.73. The van der Waals surface area contributed by atoms with E-state index < -0.39 is 0 Å². The summed E-state index contributed by atoms with van der Waals surface area (Å²) in [5, 5.41) is 4.16. The molecular weight excluding hydrogens is 270 g/mol. The van der Waals surface area contributed by atoms with Gasteiger partial charge in [-0.15, -0.1) is 0 Å². The van der Waals surface area contributed by atoms with E-state index in [0.29, 0.717) is 16.8 Å². The highest BCUT2D eigenvalue weighted by atomic mass is 35.5. The van der Waals surface area contributed by atoms with Crippen LogP contribution in [-0.4, -0.2) is 7.11 Å². The molecule has 0 aliphatic carbocycles. The van der Waals surface area contributed by atoms with Crippen LogP contribution in [-0.2, 0) is 6.54 Å². The molecule has 0 aliphatic rings. The van der Waals surface area contributed by atoms with Gasteiger partial charge in [-0.2, -0.15) is 0 Å². The Kier molecular flexibility index (Phi) is 5.05. The third-order valence-corrected chi connectivity index (χ3v) is 3.67. The molecule has 0 unspecified atom stereocenters. The lowest BCUT2D eigenvalue weighted by Gasteiger charge is -2.15. The molecule has 0 fully saturated rings. The van der Waals surface area contributed by atoms with Gasteiger partial charge in [-0.1, -0.05) is 47.5 Å². The lowest BCUT2D eigenvalue weighted by atomic mass is 10.1. The van der Waals surface area contributed by atoms with Gasteiger partial charge in [0.2, 0.25) is 0 Å². The van der Waals surface area contributed by atoms with Crippen molar-refractivity contribution in [1.29, 1.82) is 0 Å². The monoisotopic (exact) mass is 289 g/mol. The molecule has 20 heavy (non-hydrogen) atoms. The molecular formula is C17H20ClNO. The summed E-state index contributed by atoms with van der Waals surface area (Å²) in [5.74, 6) is 0.710. The standard InChI is InChI=1S/C17H20ClNO/c1-12-5-4-6-15(9-12)13(2)19-11-14-7-8-17(20-3)16(18)10-14/h4-10,13,19H,11H2,1-3H3/t13-/m1/s1. The Labute approximate surface area is 125 Å². The van der Waals surface area contributed by atoms with Crippen molar-refractivity contribution in [2.45, 2.75) is 26.4 Å². The maximum Gasteiger partial charge on any atom is 0.137 e. The molecule has 0 aliphatic heterocycles. The maximum absolute atomic E-state index is 6.13. The molecule has 2 aromatic rings. The van der Waals surface area contributed by atoms with Crippen molar-refractivity contribution >= 4 is 11.6 Å². The van der Waals surface area contributed by atoms with Crippen molar-refractivity contribution < 1.29 is 4.74 Å². The summed E-state index contributed by atoms with van der Waals surface area (Å²) < 4.78 is 5.16. The molecule has 2 rings (SSSR count). The summed E-state index contributed by atoms with van der Waals surface area (Å²) >= 11 is 6.13. The Morgan fingerprint density at radius 2 is 2.00 bits per heavy atom. The van der Waals surface area contributed by atoms with Gasteiger partial charge in [0.1, 0.15) is 5.75 Å². The van der Waals surface area contributed by atoms with E-state index in [1.807, 2.05) is 18.2 Å². The van der Waals surface area contributed by atoms with Crippen molar-refractivity contribution in [2.24, 2.45) is 0 Å². The molecule has 1 N–H and O–H groups in total. The first kappa shape index (κ1) is 14.9. The number of aryl methyl sites for hydroxylation is 1. The van der Waals surface area contributed by atoms with E-state index in [9.17, 15) is 0 Å². The Hall–Kier alpha value is -1.51. The van der Waals surface area contributed by atoms with E-state index in [4.69, 9.17) is 16.3 Å². The zero-order valence-corrected chi connectivity index (χ0v) is 12.9. The SMILES string of the molecule is COc1ccc(CN[C@H](C)c2cccc(C)c2)cc1Cl. The van der Waals surface area contributed by atoms with E-state index in [0.717, 1.165) is 12.1 Å². The van der Waals surface area contributed by atoms with Crippen LogP contribution in [0.3, 0.4) is 0 Å². The van der Waals surface area contributed by atoms with E-state index in [-0.39, 0.29) is 0 Å². The predicted octanol–water partition coefficient (Wildman–Crippen LogP) is 4.51. The Morgan fingerprint density at radius 3 is 2.65 bits per heavy atom. The van der Waals surface area contributed by atoms with Gasteiger partial charge >= 0.3 is 0 Å². The number of rotatable bonds is 5. The first-order valence-electron chi connectivity index (χ1n) is 6.72. The fraction of sp³-hybridized carbons (Fsp3) is 0.294. The molecule has 3 heteroatoms. The van der Waals surface area contributed by atoms with Crippen LogP contribution in [0, 0.1) is 6.92 Å². The number of methoxy groups -OCH3 is 1. The zero-order chi connectivity index (χ0) is 14.5. The molecule has 2 nitrogen and oxygen atoms in total. The Bertz CT molecular complexity index is 583. The summed E-state index contributed by atoms with van der Waals surface area (Å²) in [4.78, 5) is 0. The predicted molar refractivity (Wildman–Crippen MR) is 84.4 cm³/mol. The minimum absolute atomic E-state index is 0.302. The van der Waals surface area contributed by atoms with E-state index in [2.05, 4.69) is 43.4 Å². The van der Waals surface area contributed by atoms with Crippen LogP contribution in [0.5, 0.6) is 5.75 Å². The maximum atomic E-state index is 6.13. The number of hydrogen-bond acceptors (Lipinski definition) is 2. The average molecular weight is 290 g/mol. The summed E-state index contributed by atoms with van der Waals surface area (Å²) in [6.45, 7) is 5.05. The zero-order valence-electron chi connectivity index (χ0n) is 12.1. The number of benzene rings is 2. The largest absolute Gasteiger partial charge is 0.495 e. The molecule has 0 saturated carbocycles. The van der Waals surface area contributed by atoms with Gasteiger partial charge in [0.25, 0.3) is 0 Å². The van der Waals surface area contributed by atoms with Gasteiger partial charge in [0, 0.05) is 12.6 Å². The highest BCUT2D eigenvalue weighted by Gasteiger charge is 2.06. The van der Waals surface area contributed by atoms with Crippen LogP contribution in [0.15, 0.2) is 42.5 Å². The van der Waals surface area contributed by atoms with E-state index >= 15 is 0 Å².